The SMILES string of the molecule is CC(C)c1ccc(C(=O)c2cc(Cl)cc(Cl)c2)cc1. The maximum atomic E-state index is 12.3. The van der Waals surface area contributed by atoms with E-state index in [9.17, 15) is 4.79 Å². The van der Waals surface area contributed by atoms with Crippen molar-refractivity contribution in [2.75, 3.05) is 0 Å². The fraction of sp³-hybridized carbons (Fsp3) is 0.188. The van der Waals surface area contributed by atoms with Gasteiger partial charge in [-0.1, -0.05) is 61.3 Å². The van der Waals surface area contributed by atoms with Crippen LogP contribution in [0.25, 0.3) is 0 Å². The minimum Gasteiger partial charge on any atom is -0.289 e. The third kappa shape index (κ3) is 3.37. The third-order valence-electron chi connectivity index (χ3n) is 2.96. The summed E-state index contributed by atoms with van der Waals surface area (Å²) < 4.78 is 0. The first-order chi connectivity index (χ1) is 8.97. The second-order valence-corrected chi connectivity index (χ2v) is 5.64. The van der Waals surface area contributed by atoms with Crippen LogP contribution in [-0.4, -0.2) is 5.78 Å². The van der Waals surface area contributed by atoms with Gasteiger partial charge >= 0.3 is 0 Å². The molecule has 0 unspecified atom stereocenters. The molecular formula is C16H14Cl2O. The van der Waals surface area contributed by atoms with E-state index in [-0.39, 0.29) is 5.78 Å². The first-order valence-corrected chi connectivity index (χ1v) is 6.83. The predicted octanol–water partition coefficient (Wildman–Crippen LogP) is 5.35. The summed E-state index contributed by atoms with van der Waals surface area (Å²) in [5, 5.41) is 0.935. The Morgan fingerprint density at radius 2 is 1.42 bits per heavy atom. The monoisotopic (exact) mass is 292 g/mol. The molecule has 0 aliphatic carbocycles. The Labute approximate surface area is 123 Å². The predicted molar refractivity (Wildman–Crippen MR) is 80.4 cm³/mol. The lowest BCUT2D eigenvalue weighted by Gasteiger charge is -2.07. The second kappa shape index (κ2) is 5.77. The van der Waals surface area contributed by atoms with Gasteiger partial charge in [-0.15, -0.1) is 0 Å². The summed E-state index contributed by atoms with van der Waals surface area (Å²) in [6.45, 7) is 4.24. The highest BCUT2D eigenvalue weighted by molar-refractivity contribution is 6.35. The van der Waals surface area contributed by atoms with Gasteiger partial charge in [0.1, 0.15) is 0 Å². The molecule has 0 spiro atoms. The average Bonchev–Trinajstić information content (AvgIpc) is 2.37. The molecule has 0 bridgehead atoms. The average molecular weight is 293 g/mol. The van der Waals surface area contributed by atoms with Crippen molar-refractivity contribution in [2.45, 2.75) is 19.8 Å². The van der Waals surface area contributed by atoms with Crippen LogP contribution < -0.4 is 0 Å². The lowest BCUT2D eigenvalue weighted by atomic mass is 9.98. The molecule has 2 aromatic rings. The second-order valence-electron chi connectivity index (χ2n) is 4.76. The molecule has 0 N–H and O–H groups in total. The summed E-state index contributed by atoms with van der Waals surface area (Å²) >= 11 is 11.8. The van der Waals surface area contributed by atoms with Crippen LogP contribution in [0.3, 0.4) is 0 Å². The molecule has 2 rings (SSSR count). The Hall–Kier alpha value is -1.31. The topological polar surface area (TPSA) is 17.1 Å². The fourth-order valence-corrected chi connectivity index (χ4v) is 2.40. The molecule has 0 radical (unpaired) electrons. The summed E-state index contributed by atoms with van der Waals surface area (Å²) in [4.78, 5) is 12.3. The first kappa shape index (κ1) is 14.1. The van der Waals surface area contributed by atoms with E-state index in [1.165, 1.54) is 5.56 Å². The Bertz CT molecular complexity index is 580. The van der Waals surface area contributed by atoms with Crippen LogP contribution in [0.15, 0.2) is 42.5 Å². The van der Waals surface area contributed by atoms with Crippen molar-refractivity contribution in [1.82, 2.24) is 0 Å². The maximum Gasteiger partial charge on any atom is 0.193 e. The van der Waals surface area contributed by atoms with E-state index in [4.69, 9.17) is 23.2 Å². The van der Waals surface area contributed by atoms with Gasteiger partial charge in [0.15, 0.2) is 5.78 Å². The van der Waals surface area contributed by atoms with Gasteiger partial charge in [0.25, 0.3) is 0 Å². The van der Waals surface area contributed by atoms with Gasteiger partial charge in [-0.05, 0) is 29.7 Å². The van der Waals surface area contributed by atoms with Crippen LogP contribution in [0, 0.1) is 0 Å². The molecule has 0 aliphatic rings. The van der Waals surface area contributed by atoms with E-state index in [0.717, 1.165) is 0 Å². The highest BCUT2D eigenvalue weighted by Gasteiger charge is 2.11. The highest BCUT2D eigenvalue weighted by atomic mass is 35.5. The van der Waals surface area contributed by atoms with E-state index in [1.54, 1.807) is 18.2 Å². The summed E-state index contributed by atoms with van der Waals surface area (Å²) in [6.07, 6.45) is 0. The number of ketones is 1. The van der Waals surface area contributed by atoms with Crippen molar-refractivity contribution in [3.63, 3.8) is 0 Å². The van der Waals surface area contributed by atoms with Crippen LogP contribution in [0.5, 0.6) is 0 Å². The zero-order valence-corrected chi connectivity index (χ0v) is 12.3. The smallest absolute Gasteiger partial charge is 0.193 e. The normalized spacial score (nSPS) is 10.8. The number of benzene rings is 2. The van der Waals surface area contributed by atoms with Crippen LogP contribution >= 0.6 is 23.2 Å². The molecule has 19 heavy (non-hydrogen) atoms. The molecule has 0 aliphatic heterocycles. The minimum atomic E-state index is -0.0697. The number of hydrogen-bond acceptors (Lipinski definition) is 1. The van der Waals surface area contributed by atoms with Gasteiger partial charge < -0.3 is 0 Å². The van der Waals surface area contributed by atoms with E-state index < -0.39 is 0 Å². The Balaban J connectivity index is 2.33. The van der Waals surface area contributed by atoms with Crippen LogP contribution in [0.4, 0.5) is 0 Å². The van der Waals surface area contributed by atoms with E-state index >= 15 is 0 Å². The van der Waals surface area contributed by atoms with Crippen molar-refractivity contribution in [3.8, 4) is 0 Å². The van der Waals surface area contributed by atoms with Crippen LogP contribution in [0.2, 0.25) is 10.0 Å². The van der Waals surface area contributed by atoms with Crippen LogP contribution in [-0.2, 0) is 0 Å². The van der Waals surface area contributed by atoms with Gasteiger partial charge in [-0.3, -0.25) is 4.79 Å². The lowest BCUT2D eigenvalue weighted by molar-refractivity contribution is 0.103. The minimum absolute atomic E-state index is 0.0697. The van der Waals surface area contributed by atoms with Gasteiger partial charge in [-0.2, -0.15) is 0 Å². The molecule has 0 heterocycles. The Morgan fingerprint density at radius 1 is 0.895 bits per heavy atom. The highest BCUT2D eigenvalue weighted by Crippen LogP contribution is 2.22. The molecule has 0 amide bonds. The van der Waals surface area contributed by atoms with Crippen molar-refractivity contribution < 1.29 is 4.79 Å². The number of carbonyl (C=O) groups is 1. The van der Waals surface area contributed by atoms with Gasteiger partial charge in [0.05, 0.1) is 0 Å². The van der Waals surface area contributed by atoms with Gasteiger partial charge in [-0.25, -0.2) is 0 Å². The molecule has 0 saturated heterocycles. The summed E-state index contributed by atoms with van der Waals surface area (Å²) in [6, 6.07) is 12.5. The van der Waals surface area contributed by atoms with Crippen LogP contribution in [0.1, 0.15) is 41.3 Å². The van der Waals surface area contributed by atoms with Gasteiger partial charge in [0.2, 0.25) is 0 Å². The Kier molecular flexibility index (Phi) is 4.28. The zero-order chi connectivity index (χ0) is 14.0. The van der Waals surface area contributed by atoms with Gasteiger partial charge in [0, 0.05) is 21.2 Å². The quantitative estimate of drug-likeness (QED) is 0.697. The summed E-state index contributed by atoms with van der Waals surface area (Å²) in [5.74, 6) is 0.379. The first-order valence-electron chi connectivity index (χ1n) is 6.08. The summed E-state index contributed by atoms with van der Waals surface area (Å²) in [7, 11) is 0. The number of hydrogen-bond donors (Lipinski definition) is 0. The van der Waals surface area contributed by atoms with Crippen molar-refractivity contribution in [2.24, 2.45) is 0 Å². The van der Waals surface area contributed by atoms with Crippen molar-refractivity contribution in [1.29, 1.82) is 0 Å². The van der Waals surface area contributed by atoms with E-state index in [2.05, 4.69) is 13.8 Å². The molecule has 3 heteroatoms. The standard InChI is InChI=1S/C16H14Cl2O/c1-10(2)11-3-5-12(6-4-11)16(19)13-7-14(17)9-15(18)8-13/h3-10H,1-2H3. The van der Waals surface area contributed by atoms with E-state index in [0.29, 0.717) is 27.1 Å². The molecule has 0 fully saturated rings. The van der Waals surface area contributed by atoms with Crippen molar-refractivity contribution >= 4 is 29.0 Å². The third-order valence-corrected chi connectivity index (χ3v) is 3.40. The lowest BCUT2D eigenvalue weighted by Crippen LogP contribution is -2.01. The molecular weight excluding hydrogens is 279 g/mol. The van der Waals surface area contributed by atoms with E-state index in [1.807, 2.05) is 24.3 Å². The Morgan fingerprint density at radius 3 is 1.89 bits per heavy atom. The fourth-order valence-electron chi connectivity index (χ4n) is 1.87. The molecule has 0 saturated carbocycles. The molecule has 2 aromatic carbocycles. The number of carbonyl (C=O) groups excluding carboxylic acids is 1. The number of halogens is 2. The summed E-state index contributed by atoms with van der Waals surface area (Å²) in [5.41, 5.74) is 2.36. The molecule has 1 nitrogen and oxygen atoms in total. The maximum absolute atomic E-state index is 12.3. The largest absolute Gasteiger partial charge is 0.289 e. The zero-order valence-electron chi connectivity index (χ0n) is 10.8. The van der Waals surface area contributed by atoms with Crippen molar-refractivity contribution in [3.05, 3.63) is 69.2 Å². The molecule has 0 aromatic heterocycles. The molecule has 0 atom stereocenters. The molecule has 98 valence electrons. The number of rotatable bonds is 3.